The molecule has 0 aromatic heterocycles. The number of aliphatic hydroxyl groups is 1. The number of aliphatic hydroxyl groups excluding tert-OH is 1. The summed E-state index contributed by atoms with van der Waals surface area (Å²) in [6, 6.07) is 3.66. The Hall–Kier alpha value is -1.46. The molecule has 0 saturated heterocycles. The second-order valence-corrected chi connectivity index (χ2v) is 5.44. The van der Waals surface area contributed by atoms with Gasteiger partial charge in [-0.3, -0.25) is 0 Å². The number of benzene rings is 1. The molecule has 0 aliphatic rings. The van der Waals surface area contributed by atoms with Crippen LogP contribution in [0.5, 0.6) is 17.2 Å². The maximum atomic E-state index is 9.26. The van der Waals surface area contributed by atoms with Crippen molar-refractivity contribution in [3.05, 3.63) is 17.7 Å². The monoisotopic (exact) mass is 283 g/mol. The summed E-state index contributed by atoms with van der Waals surface area (Å²) >= 11 is 0. The SMILES string of the molecule is COc1cc(OC)c(CNCC(C)(C)CO)c(OC)c1. The maximum absolute atomic E-state index is 9.26. The minimum Gasteiger partial charge on any atom is -0.496 e. The molecule has 0 aliphatic carbocycles. The van der Waals surface area contributed by atoms with Gasteiger partial charge in [0.2, 0.25) is 0 Å². The lowest BCUT2D eigenvalue weighted by Gasteiger charge is -2.23. The predicted octanol–water partition coefficient (Wildman–Crippen LogP) is 1.82. The van der Waals surface area contributed by atoms with Gasteiger partial charge in [0.15, 0.2) is 0 Å². The molecule has 0 amide bonds. The lowest BCUT2D eigenvalue weighted by Crippen LogP contribution is -2.32. The molecule has 5 heteroatoms. The normalized spacial score (nSPS) is 11.3. The molecule has 0 saturated carbocycles. The van der Waals surface area contributed by atoms with Crippen LogP contribution in [0.2, 0.25) is 0 Å². The Balaban J connectivity index is 2.87. The van der Waals surface area contributed by atoms with Crippen LogP contribution in [0.25, 0.3) is 0 Å². The van der Waals surface area contributed by atoms with E-state index >= 15 is 0 Å². The first-order chi connectivity index (χ1) is 9.47. The first kappa shape index (κ1) is 16.6. The molecule has 114 valence electrons. The van der Waals surface area contributed by atoms with Crippen molar-refractivity contribution in [2.75, 3.05) is 34.5 Å². The zero-order valence-electron chi connectivity index (χ0n) is 12.9. The molecule has 0 atom stereocenters. The van der Waals surface area contributed by atoms with Crippen LogP contribution >= 0.6 is 0 Å². The number of ether oxygens (including phenoxy) is 3. The van der Waals surface area contributed by atoms with E-state index in [1.807, 2.05) is 26.0 Å². The molecular formula is C15H25NO4. The highest BCUT2D eigenvalue weighted by Crippen LogP contribution is 2.33. The minimum absolute atomic E-state index is 0.136. The Morgan fingerprint density at radius 3 is 2.00 bits per heavy atom. The lowest BCUT2D eigenvalue weighted by atomic mass is 9.95. The summed E-state index contributed by atoms with van der Waals surface area (Å²) < 4.78 is 16.0. The number of hydrogen-bond donors (Lipinski definition) is 2. The van der Waals surface area contributed by atoms with E-state index in [2.05, 4.69) is 5.32 Å². The summed E-state index contributed by atoms with van der Waals surface area (Å²) in [4.78, 5) is 0. The fraction of sp³-hybridized carbons (Fsp3) is 0.600. The van der Waals surface area contributed by atoms with Gasteiger partial charge in [-0.25, -0.2) is 0 Å². The molecule has 0 heterocycles. The number of rotatable bonds is 8. The van der Waals surface area contributed by atoms with Crippen LogP contribution < -0.4 is 19.5 Å². The van der Waals surface area contributed by atoms with Crippen LogP contribution in [0.15, 0.2) is 12.1 Å². The van der Waals surface area contributed by atoms with Crippen LogP contribution in [0.1, 0.15) is 19.4 Å². The van der Waals surface area contributed by atoms with Gasteiger partial charge in [-0.05, 0) is 0 Å². The second-order valence-electron chi connectivity index (χ2n) is 5.44. The Morgan fingerprint density at radius 1 is 1.05 bits per heavy atom. The average Bonchev–Trinajstić information content (AvgIpc) is 2.46. The minimum atomic E-state index is -0.160. The van der Waals surface area contributed by atoms with Gasteiger partial charge in [-0.15, -0.1) is 0 Å². The van der Waals surface area contributed by atoms with E-state index in [0.717, 1.165) is 17.1 Å². The van der Waals surface area contributed by atoms with Gasteiger partial charge in [0, 0.05) is 37.2 Å². The Morgan fingerprint density at radius 2 is 1.60 bits per heavy atom. The highest BCUT2D eigenvalue weighted by molar-refractivity contribution is 5.50. The first-order valence-electron chi connectivity index (χ1n) is 6.58. The van der Waals surface area contributed by atoms with E-state index in [1.165, 1.54) is 0 Å². The molecule has 0 radical (unpaired) electrons. The van der Waals surface area contributed by atoms with Gasteiger partial charge in [-0.2, -0.15) is 0 Å². The second kappa shape index (κ2) is 7.36. The molecule has 0 spiro atoms. The smallest absolute Gasteiger partial charge is 0.130 e. The fourth-order valence-corrected chi connectivity index (χ4v) is 1.83. The highest BCUT2D eigenvalue weighted by Gasteiger charge is 2.17. The van der Waals surface area contributed by atoms with E-state index in [9.17, 15) is 5.11 Å². The van der Waals surface area contributed by atoms with Crippen LogP contribution in [0.3, 0.4) is 0 Å². The van der Waals surface area contributed by atoms with Crippen LogP contribution in [-0.4, -0.2) is 39.6 Å². The molecule has 1 aromatic carbocycles. The molecule has 0 aliphatic heterocycles. The summed E-state index contributed by atoms with van der Waals surface area (Å²) in [5, 5.41) is 12.6. The third-order valence-corrected chi connectivity index (χ3v) is 3.15. The average molecular weight is 283 g/mol. The van der Waals surface area contributed by atoms with Crippen molar-refractivity contribution in [3.8, 4) is 17.2 Å². The summed E-state index contributed by atoms with van der Waals surface area (Å²) in [6.07, 6.45) is 0. The molecule has 1 rings (SSSR count). The van der Waals surface area contributed by atoms with Crippen molar-refractivity contribution in [3.63, 3.8) is 0 Å². The lowest BCUT2D eigenvalue weighted by molar-refractivity contribution is 0.156. The highest BCUT2D eigenvalue weighted by atomic mass is 16.5. The van der Waals surface area contributed by atoms with E-state index in [-0.39, 0.29) is 12.0 Å². The first-order valence-corrected chi connectivity index (χ1v) is 6.58. The summed E-state index contributed by atoms with van der Waals surface area (Å²) in [7, 11) is 4.85. The van der Waals surface area contributed by atoms with Crippen molar-refractivity contribution < 1.29 is 19.3 Å². The molecule has 2 N–H and O–H groups in total. The largest absolute Gasteiger partial charge is 0.496 e. The Labute approximate surface area is 120 Å². The summed E-state index contributed by atoms with van der Waals surface area (Å²) in [5.41, 5.74) is 0.775. The van der Waals surface area contributed by atoms with Crippen molar-refractivity contribution in [2.24, 2.45) is 5.41 Å². The molecule has 1 aromatic rings. The molecule has 5 nitrogen and oxygen atoms in total. The van der Waals surface area contributed by atoms with Gasteiger partial charge < -0.3 is 24.6 Å². The van der Waals surface area contributed by atoms with Crippen LogP contribution in [0, 0.1) is 5.41 Å². The van der Waals surface area contributed by atoms with Gasteiger partial charge in [0.1, 0.15) is 17.2 Å². The van der Waals surface area contributed by atoms with Gasteiger partial charge in [-0.1, -0.05) is 13.8 Å². The zero-order chi connectivity index (χ0) is 15.2. The third kappa shape index (κ3) is 4.28. The topological polar surface area (TPSA) is 60.0 Å². The van der Waals surface area contributed by atoms with E-state index in [1.54, 1.807) is 21.3 Å². The van der Waals surface area contributed by atoms with E-state index in [4.69, 9.17) is 14.2 Å². The number of hydrogen-bond acceptors (Lipinski definition) is 5. The van der Waals surface area contributed by atoms with Crippen molar-refractivity contribution in [2.45, 2.75) is 20.4 Å². The van der Waals surface area contributed by atoms with E-state index in [0.29, 0.717) is 18.8 Å². The van der Waals surface area contributed by atoms with Crippen molar-refractivity contribution in [1.82, 2.24) is 5.32 Å². The van der Waals surface area contributed by atoms with Gasteiger partial charge in [0.05, 0.1) is 26.9 Å². The Kier molecular flexibility index (Phi) is 6.10. The molecule has 0 unspecified atom stereocenters. The predicted molar refractivity (Wildman–Crippen MR) is 78.7 cm³/mol. The molecule has 20 heavy (non-hydrogen) atoms. The van der Waals surface area contributed by atoms with Gasteiger partial charge >= 0.3 is 0 Å². The zero-order valence-corrected chi connectivity index (χ0v) is 12.9. The Bertz CT molecular complexity index is 407. The van der Waals surface area contributed by atoms with Crippen molar-refractivity contribution >= 4 is 0 Å². The standard InChI is InChI=1S/C15H25NO4/c1-15(2,10-17)9-16-8-12-13(19-4)6-11(18-3)7-14(12)20-5/h6-7,16-17H,8-10H2,1-5H3. The molecular weight excluding hydrogens is 258 g/mol. The molecule has 0 fully saturated rings. The summed E-state index contributed by atoms with van der Waals surface area (Å²) in [5.74, 6) is 2.13. The number of methoxy groups -OCH3 is 3. The van der Waals surface area contributed by atoms with E-state index < -0.39 is 0 Å². The van der Waals surface area contributed by atoms with Crippen LogP contribution in [0.4, 0.5) is 0 Å². The van der Waals surface area contributed by atoms with Crippen LogP contribution in [-0.2, 0) is 6.54 Å². The third-order valence-electron chi connectivity index (χ3n) is 3.15. The maximum Gasteiger partial charge on any atom is 0.130 e. The van der Waals surface area contributed by atoms with Crippen molar-refractivity contribution in [1.29, 1.82) is 0 Å². The quantitative estimate of drug-likeness (QED) is 0.762. The fourth-order valence-electron chi connectivity index (χ4n) is 1.83. The van der Waals surface area contributed by atoms with Gasteiger partial charge in [0.25, 0.3) is 0 Å². The summed E-state index contributed by atoms with van der Waals surface area (Å²) in [6.45, 7) is 5.43. The number of nitrogens with one attached hydrogen (secondary N) is 1. The molecule has 0 bridgehead atoms.